The summed E-state index contributed by atoms with van der Waals surface area (Å²) in [5.41, 5.74) is 9.77. The molecule has 0 aliphatic rings. The molecule has 3 nitrogen and oxygen atoms in total. The molecule has 0 bridgehead atoms. The summed E-state index contributed by atoms with van der Waals surface area (Å²) in [5.74, 6) is 0.785. The Kier molecular flexibility index (Phi) is 2.56. The predicted octanol–water partition coefficient (Wildman–Crippen LogP) is 2.42. The van der Waals surface area contributed by atoms with Crippen LogP contribution >= 0.6 is 0 Å². The highest BCUT2D eigenvalue weighted by molar-refractivity contribution is 5.62. The van der Waals surface area contributed by atoms with Crippen LogP contribution in [0.25, 0.3) is 11.3 Å². The highest BCUT2D eigenvalue weighted by Gasteiger charge is 2.07. The first-order valence-electron chi connectivity index (χ1n) is 4.94. The second-order valence-corrected chi connectivity index (χ2v) is 3.70. The molecule has 0 spiro atoms. The molecule has 78 valence electrons. The van der Waals surface area contributed by atoms with Crippen LogP contribution in [0.15, 0.2) is 28.8 Å². The molecule has 0 radical (unpaired) electrons. The van der Waals surface area contributed by atoms with Crippen molar-refractivity contribution in [2.75, 3.05) is 0 Å². The van der Waals surface area contributed by atoms with Gasteiger partial charge in [0.1, 0.15) is 0 Å². The average molecular weight is 202 g/mol. The molecule has 3 heteroatoms. The van der Waals surface area contributed by atoms with Gasteiger partial charge in [0.25, 0.3) is 0 Å². The van der Waals surface area contributed by atoms with Crippen molar-refractivity contribution in [2.24, 2.45) is 5.73 Å². The number of nitrogens with two attached hydrogens (primary N) is 1. The van der Waals surface area contributed by atoms with Crippen molar-refractivity contribution in [1.29, 1.82) is 0 Å². The minimum atomic E-state index is 0.411. The molecule has 1 heterocycles. The van der Waals surface area contributed by atoms with Crippen LogP contribution in [0.5, 0.6) is 0 Å². The van der Waals surface area contributed by atoms with Gasteiger partial charge in [0.2, 0.25) is 0 Å². The summed E-state index contributed by atoms with van der Waals surface area (Å²) in [5, 5.41) is 3.87. The lowest BCUT2D eigenvalue weighted by atomic mass is 10.0. The molecule has 0 aliphatic carbocycles. The van der Waals surface area contributed by atoms with E-state index in [4.69, 9.17) is 10.3 Å². The molecule has 2 N–H and O–H groups in total. The van der Waals surface area contributed by atoms with Crippen molar-refractivity contribution in [2.45, 2.75) is 20.4 Å². The fraction of sp³-hybridized carbons (Fsp3) is 0.250. The van der Waals surface area contributed by atoms with E-state index in [1.807, 2.05) is 12.1 Å². The topological polar surface area (TPSA) is 52.0 Å². The number of aromatic nitrogens is 1. The van der Waals surface area contributed by atoms with E-state index in [1.165, 1.54) is 11.1 Å². The summed E-state index contributed by atoms with van der Waals surface area (Å²) in [6.45, 7) is 4.55. The number of rotatable bonds is 2. The molecular formula is C12H14N2O. The van der Waals surface area contributed by atoms with Gasteiger partial charge >= 0.3 is 0 Å². The van der Waals surface area contributed by atoms with Gasteiger partial charge in [-0.05, 0) is 19.4 Å². The van der Waals surface area contributed by atoms with Crippen LogP contribution in [0.3, 0.4) is 0 Å². The minimum absolute atomic E-state index is 0.411. The normalized spacial score (nSPS) is 10.6. The van der Waals surface area contributed by atoms with Crippen molar-refractivity contribution >= 4 is 0 Å². The Balaban J connectivity index is 2.44. The van der Waals surface area contributed by atoms with Crippen LogP contribution in [-0.4, -0.2) is 5.16 Å². The lowest BCUT2D eigenvalue weighted by molar-refractivity contribution is 0.423. The first-order chi connectivity index (χ1) is 7.20. The van der Waals surface area contributed by atoms with Gasteiger partial charge in [-0.1, -0.05) is 28.9 Å². The van der Waals surface area contributed by atoms with Gasteiger partial charge in [0.15, 0.2) is 5.76 Å². The van der Waals surface area contributed by atoms with Gasteiger partial charge in [-0.25, -0.2) is 0 Å². The van der Waals surface area contributed by atoms with Crippen LogP contribution < -0.4 is 5.73 Å². The van der Waals surface area contributed by atoms with Gasteiger partial charge < -0.3 is 10.3 Å². The first-order valence-corrected chi connectivity index (χ1v) is 4.94. The lowest BCUT2D eigenvalue weighted by Crippen LogP contribution is -1.94. The zero-order valence-electron chi connectivity index (χ0n) is 8.95. The summed E-state index contributed by atoms with van der Waals surface area (Å²) >= 11 is 0. The largest absolute Gasteiger partial charge is 0.356 e. The highest BCUT2D eigenvalue weighted by Crippen LogP contribution is 2.24. The monoisotopic (exact) mass is 202 g/mol. The molecule has 0 saturated heterocycles. The van der Waals surface area contributed by atoms with Crippen LogP contribution in [0.1, 0.15) is 16.8 Å². The second-order valence-electron chi connectivity index (χ2n) is 3.70. The van der Waals surface area contributed by atoms with Gasteiger partial charge in [-0.2, -0.15) is 0 Å². The summed E-state index contributed by atoms with van der Waals surface area (Å²) in [7, 11) is 0. The van der Waals surface area contributed by atoms with E-state index in [1.54, 1.807) is 0 Å². The zero-order valence-corrected chi connectivity index (χ0v) is 8.95. The van der Waals surface area contributed by atoms with E-state index in [9.17, 15) is 0 Å². The van der Waals surface area contributed by atoms with Crippen LogP contribution in [0.2, 0.25) is 0 Å². The molecule has 0 aliphatic heterocycles. The van der Waals surface area contributed by atoms with Crippen LogP contribution in [0.4, 0.5) is 0 Å². The van der Waals surface area contributed by atoms with Gasteiger partial charge in [0.05, 0.1) is 5.69 Å². The quantitative estimate of drug-likeness (QED) is 0.813. The Morgan fingerprint density at radius 1 is 1.27 bits per heavy atom. The first kappa shape index (κ1) is 9.93. The number of hydrogen-bond acceptors (Lipinski definition) is 3. The molecule has 0 atom stereocenters. The van der Waals surface area contributed by atoms with E-state index >= 15 is 0 Å². The SMILES string of the molecule is Cc1ccc(-c2cc(CN)no2)c(C)c1. The summed E-state index contributed by atoms with van der Waals surface area (Å²) in [4.78, 5) is 0. The summed E-state index contributed by atoms with van der Waals surface area (Å²) < 4.78 is 5.23. The fourth-order valence-corrected chi connectivity index (χ4v) is 1.63. The molecule has 2 rings (SSSR count). The fourth-order valence-electron chi connectivity index (χ4n) is 1.63. The molecular weight excluding hydrogens is 188 g/mol. The Morgan fingerprint density at radius 3 is 2.67 bits per heavy atom. The number of benzene rings is 1. The third kappa shape index (κ3) is 1.92. The molecule has 2 aromatic rings. The molecule has 0 unspecified atom stereocenters. The van der Waals surface area contributed by atoms with Gasteiger partial charge in [-0.15, -0.1) is 0 Å². The maximum Gasteiger partial charge on any atom is 0.167 e. The van der Waals surface area contributed by atoms with Gasteiger partial charge in [0, 0.05) is 18.2 Å². The van der Waals surface area contributed by atoms with Crippen molar-refractivity contribution in [3.63, 3.8) is 0 Å². The third-order valence-electron chi connectivity index (χ3n) is 2.42. The number of nitrogens with zero attached hydrogens (tertiary/aromatic N) is 1. The number of aryl methyl sites for hydroxylation is 2. The number of hydrogen-bond donors (Lipinski definition) is 1. The van der Waals surface area contributed by atoms with Crippen molar-refractivity contribution < 1.29 is 4.52 Å². The molecule has 0 fully saturated rings. The van der Waals surface area contributed by atoms with E-state index in [0.717, 1.165) is 17.0 Å². The zero-order chi connectivity index (χ0) is 10.8. The third-order valence-corrected chi connectivity index (χ3v) is 2.42. The molecule has 1 aromatic heterocycles. The second kappa shape index (κ2) is 3.87. The summed E-state index contributed by atoms with van der Waals surface area (Å²) in [6.07, 6.45) is 0. The summed E-state index contributed by atoms with van der Waals surface area (Å²) in [6, 6.07) is 8.12. The van der Waals surface area contributed by atoms with E-state index in [0.29, 0.717) is 6.54 Å². The van der Waals surface area contributed by atoms with E-state index in [2.05, 4.69) is 31.1 Å². The molecule has 15 heavy (non-hydrogen) atoms. The Bertz CT molecular complexity index is 474. The average Bonchev–Trinajstić information content (AvgIpc) is 2.66. The maximum absolute atomic E-state index is 5.48. The van der Waals surface area contributed by atoms with E-state index < -0.39 is 0 Å². The highest BCUT2D eigenvalue weighted by atomic mass is 16.5. The smallest absolute Gasteiger partial charge is 0.167 e. The lowest BCUT2D eigenvalue weighted by Gasteiger charge is -2.01. The van der Waals surface area contributed by atoms with Crippen LogP contribution in [0, 0.1) is 13.8 Å². The van der Waals surface area contributed by atoms with E-state index in [-0.39, 0.29) is 0 Å². The Labute approximate surface area is 88.9 Å². The Morgan fingerprint density at radius 2 is 2.07 bits per heavy atom. The van der Waals surface area contributed by atoms with Crippen LogP contribution in [-0.2, 0) is 6.54 Å². The van der Waals surface area contributed by atoms with Crippen molar-refractivity contribution in [3.8, 4) is 11.3 Å². The predicted molar refractivity (Wildman–Crippen MR) is 59.3 cm³/mol. The van der Waals surface area contributed by atoms with Crippen molar-refractivity contribution in [3.05, 3.63) is 41.1 Å². The molecule has 1 aromatic carbocycles. The van der Waals surface area contributed by atoms with Gasteiger partial charge in [-0.3, -0.25) is 0 Å². The maximum atomic E-state index is 5.48. The molecule has 0 amide bonds. The Hall–Kier alpha value is -1.61. The van der Waals surface area contributed by atoms with Crippen molar-refractivity contribution in [1.82, 2.24) is 5.16 Å². The molecule has 0 saturated carbocycles. The minimum Gasteiger partial charge on any atom is -0.356 e. The standard InChI is InChI=1S/C12H14N2O/c1-8-3-4-11(9(2)5-8)12-6-10(7-13)14-15-12/h3-6H,7,13H2,1-2H3.